The number of nitrogens with one attached hydrogen (secondary N) is 1. The zero-order chi connectivity index (χ0) is 18.0. The van der Waals surface area contributed by atoms with Crippen LogP contribution >= 0.6 is 0 Å². The Morgan fingerprint density at radius 1 is 1.28 bits per heavy atom. The Labute approximate surface area is 145 Å². The van der Waals surface area contributed by atoms with Crippen LogP contribution in [0.2, 0.25) is 0 Å². The van der Waals surface area contributed by atoms with Crippen molar-refractivity contribution in [1.29, 1.82) is 0 Å². The van der Waals surface area contributed by atoms with E-state index >= 15 is 0 Å². The molecule has 3 rings (SSSR count). The smallest absolute Gasteiger partial charge is 0.314 e. The Hall–Kier alpha value is -2.83. The number of anilines is 1. The summed E-state index contributed by atoms with van der Waals surface area (Å²) in [6.07, 6.45) is 4.70. The van der Waals surface area contributed by atoms with E-state index in [4.69, 9.17) is 4.42 Å². The molecule has 3 heterocycles. The molecule has 1 N–H and O–H groups in total. The normalized spacial score (nSPS) is 20.3. The van der Waals surface area contributed by atoms with Crippen LogP contribution in [0.4, 0.5) is 5.69 Å². The summed E-state index contributed by atoms with van der Waals surface area (Å²) in [5.41, 5.74) is -0.276. The fraction of sp³-hybridized carbons (Fsp3) is 0.389. The molecule has 0 aliphatic carbocycles. The zero-order valence-electron chi connectivity index (χ0n) is 14.3. The molecule has 0 spiro atoms. The van der Waals surface area contributed by atoms with Crippen molar-refractivity contribution >= 4 is 17.5 Å². The minimum Gasteiger partial charge on any atom is -0.467 e. The number of carbonyl (C=O) groups is 2. The molecule has 2 aromatic rings. The summed E-state index contributed by atoms with van der Waals surface area (Å²) in [5, 5.41) is 2.43. The average molecular weight is 343 g/mol. The van der Waals surface area contributed by atoms with Gasteiger partial charge in [-0.25, -0.2) is 0 Å². The van der Waals surface area contributed by atoms with Crippen LogP contribution in [0.25, 0.3) is 0 Å². The summed E-state index contributed by atoms with van der Waals surface area (Å²) in [4.78, 5) is 38.6. The molecule has 1 aliphatic heterocycles. The number of amides is 2. The van der Waals surface area contributed by atoms with Gasteiger partial charge in [0.2, 0.25) is 0 Å². The Morgan fingerprint density at radius 3 is 2.80 bits per heavy atom. The number of pyridine rings is 1. The van der Waals surface area contributed by atoms with E-state index < -0.39 is 11.8 Å². The minimum atomic E-state index is -0.811. The molecule has 0 aromatic carbocycles. The maximum atomic E-state index is 12.7. The average Bonchev–Trinajstić information content (AvgIpc) is 3.12. The molecule has 7 heteroatoms. The predicted molar refractivity (Wildman–Crippen MR) is 91.9 cm³/mol. The van der Waals surface area contributed by atoms with Gasteiger partial charge in [-0.1, -0.05) is 6.92 Å². The number of furan rings is 1. The molecule has 1 saturated heterocycles. The maximum absolute atomic E-state index is 12.7. The van der Waals surface area contributed by atoms with Crippen LogP contribution in [0, 0.1) is 5.92 Å². The quantitative estimate of drug-likeness (QED) is 0.844. The van der Waals surface area contributed by atoms with E-state index in [1.807, 2.05) is 6.07 Å². The lowest BCUT2D eigenvalue weighted by Crippen LogP contribution is -2.46. The van der Waals surface area contributed by atoms with Crippen LogP contribution in [-0.4, -0.2) is 27.8 Å². The van der Waals surface area contributed by atoms with Crippen molar-refractivity contribution in [3.8, 4) is 0 Å². The molecule has 0 saturated carbocycles. The summed E-state index contributed by atoms with van der Waals surface area (Å²) < 4.78 is 6.80. The predicted octanol–water partition coefficient (Wildman–Crippen LogP) is 1.92. The summed E-state index contributed by atoms with van der Waals surface area (Å²) in [6, 6.07) is 6.43. The van der Waals surface area contributed by atoms with Crippen molar-refractivity contribution in [3.05, 3.63) is 52.8 Å². The molecule has 2 aromatic heterocycles. The summed E-state index contributed by atoms with van der Waals surface area (Å²) in [6.45, 7) is 2.59. The number of piperidine rings is 1. The van der Waals surface area contributed by atoms with Crippen LogP contribution in [-0.2, 0) is 16.6 Å². The number of nitrogens with zero attached hydrogens (tertiary/aromatic N) is 2. The summed E-state index contributed by atoms with van der Waals surface area (Å²) in [5.74, 6) is -0.361. The number of hydrogen-bond donors (Lipinski definition) is 1. The van der Waals surface area contributed by atoms with Crippen molar-refractivity contribution < 1.29 is 14.0 Å². The van der Waals surface area contributed by atoms with Crippen LogP contribution in [0.5, 0.6) is 0 Å². The Morgan fingerprint density at radius 2 is 2.08 bits per heavy atom. The highest BCUT2D eigenvalue weighted by Gasteiger charge is 2.35. The van der Waals surface area contributed by atoms with Crippen molar-refractivity contribution in [2.45, 2.75) is 25.8 Å². The number of likely N-dealkylation sites (tertiary alicyclic amines) is 1. The second-order valence-electron chi connectivity index (χ2n) is 6.45. The lowest BCUT2D eigenvalue weighted by Gasteiger charge is -2.36. The summed E-state index contributed by atoms with van der Waals surface area (Å²) >= 11 is 0. The molecule has 0 radical (unpaired) electrons. The Kier molecular flexibility index (Phi) is 4.74. The topological polar surface area (TPSA) is 84.5 Å². The van der Waals surface area contributed by atoms with Crippen molar-refractivity contribution in [1.82, 2.24) is 9.47 Å². The molecule has 2 unspecified atom stereocenters. The van der Waals surface area contributed by atoms with E-state index in [0.29, 0.717) is 18.2 Å². The highest BCUT2D eigenvalue weighted by atomic mass is 16.3. The largest absolute Gasteiger partial charge is 0.467 e. The zero-order valence-corrected chi connectivity index (χ0v) is 14.3. The van der Waals surface area contributed by atoms with Gasteiger partial charge < -0.3 is 19.2 Å². The number of rotatable bonds is 2. The third-order valence-corrected chi connectivity index (χ3v) is 4.56. The van der Waals surface area contributed by atoms with Crippen molar-refractivity contribution in [2.75, 3.05) is 11.9 Å². The minimum absolute atomic E-state index is 0.0864. The molecule has 1 aliphatic rings. The standard InChI is InChI=1S/C18H21N3O4/c1-12-7-9-21(14(11-12)15-6-4-10-25-15)18(24)16(22)19-13-5-3-8-20(2)17(13)23/h3-6,8,10,12,14H,7,9,11H2,1-2H3,(H,19,22). The monoisotopic (exact) mass is 343 g/mol. The van der Waals surface area contributed by atoms with Gasteiger partial charge >= 0.3 is 11.8 Å². The van der Waals surface area contributed by atoms with Gasteiger partial charge in [0.1, 0.15) is 11.4 Å². The van der Waals surface area contributed by atoms with E-state index in [9.17, 15) is 14.4 Å². The molecular formula is C18H21N3O4. The van der Waals surface area contributed by atoms with E-state index in [-0.39, 0.29) is 17.3 Å². The number of aromatic nitrogens is 1. The van der Waals surface area contributed by atoms with Gasteiger partial charge in [0, 0.05) is 19.8 Å². The van der Waals surface area contributed by atoms with E-state index in [2.05, 4.69) is 12.2 Å². The third-order valence-electron chi connectivity index (χ3n) is 4.56. The SMILES string of the molecule is CC1CCN(C(=O)C(=O)Nc2cccn(C)c2=O)C(c2ccco2)C1. The van der Waals surface area contributed by atoms with Gasteiger partial charge in [0.05, 0.1) is 12.3 Å². The first kappa shape index (κ1) is 17.0. The molecule has 132 valence electrons. The number of aryl methyl sites for hydroxylation is 1. The molecular weight excluding hydrogens is 322 g/mol. The van der Waals surface area contributed by atoms with Crippen LogP contribution in [0.3, 0.4) is 0 Å². The number of carbonyl (C=O) groups excluding carboxylic acids is 2. The lowest BCUT2D eigenvalue weighted by molar-refractivity contribution is -0.146. The van der Waals surface area contributed by atoms with Crippen LogP contribution in [0.1, 0.15) is 31.6 Å². The van der Waals surface area contributed by atoms with Gasteiger partial charge in [0.25, 0.3) is 5.56 Å². The van der Waals surface area contributed by atoms with Gasteiger partial charge in [0.15, 0.2) is 0 Å². The highest BCUT2D eigenvalue weighted by Crippen LogP contribution is 2.34. The first-order valence-electron chi connectivity index (χ1n) is 8.28. The lowest BCUT2D eigenvalue weighted by atomic mass is 9.91. The highest BCUT2D eigenvalue weighted by molar-refractivity contribution is 6.39. The second kappa shape index (κ2) is 6.96. The van der Waals surface area contributed by atoms with Gasteiger partial charge in [-0.3, -0.25) is 14.4 Å². The summed E-state index contributed by atoms with van der Waals surface area (Å²) in [7, 11) is 1.58. The first-order chi connectivity index (χ1) is 12.0. The van der Waals surface area contributed by atoms with Crippen LogP contribution in [0.15, 0.2) is 45.9 Å². The molecule has 25 heavy (non-hydrogen) atoms. The second-order valence-corrected chi connectivity index (χ2v) is 6.45. The fourth-order valence-corrected chi connectivity index (χ4v) is 3.13. The Balaban J connectivity index is 1.79. The first-order valence-corrected chi connectivity index (χ1v) is 8.28. The van der Waals surface area contributed by atoms with Crippen molar-refractivity contribution in [3.63, 3.8) is 0 Å². The van der Waals surface area contributed by atoms with E-state index in [0.717, 1.165) is 12.8 Å². The Bertz CT molecular complexity index is 825. The molecule has 2 amide bonds. The van der Waals surface area contributed by atoms with Crippen LogP contribution < -0.4 is 10.9 Å². The fourth-order valence-electron chi connectivity index (χ4n) is 3.13. The third kappa shape index (κ3) is 3.50. The number of hydrogen-bond acceptors (Lipinski definition) is 4. The van der Waals surface area contributed by atoms with Gasteiger partial charge in [-0.2, -0.15) is 0 Å². The maximum Gasteiger partial charge on any atom is 0.314 e. The van der Waals surface area contributed by atoms with E-state index in [1.165, 1.54) is 15.5 Å². The van der Waals surface area contributed by atoms with E-state index in [1.54, 1.807) is 31.6 Å². The van der Waals surface area contributed by atoms with Gasteiger partial charge in [-0.15, -0.1) is 0 Å². The molecule has 2 atom stereocenters. The molecule has 0 bridgehead atoms. The molecule has 7 nitrogen and oxygen atoms in total. The van der Waals surface area contributed by atoms with Gasteiger partial charge in [-0.05, 0) is 43.0 Å². The molecule has 1 fully saturated rings. The van der Waals surface area contributed by atoms with Crippen molar-refractivity contribution in [2.24, 2.45) is 13.0 Å².